The van der Waals surface area contributed by atoms with Crippen molar-refractivity contribution in [3.05, 3.63) is 36.3 Å². The number of carbonyl (C=O) groups is 2. The molecule has 4 aliphatic carbocycles. The third-order valence-electron chi connectivity index (χ3n) is 11.3. The molecule has 0 aromatic rings. The van der Waals surface area contributed by atoms with E-state index in [-0.39, 0.29) is 23.0 Å². The number of hydrogen-bond acceptors (Lipinski definition) is 5. The number of carbonyl (C=O) groups excluding carboxylic acids is 2. The molecule has 0 aromatic heterocycles. The van der Waals surface area contributed by atoms with E-state index in [1.165, 1.54) is 57.4 Å². The van der Waals surface area contributed by atoms with Crippen molar-refractivity contribution in [2.75, 3.05) is 0 Å². The fourth-order valence-corrected chi connectivity index (χ4v) is 9.22. The molecule has 8 atom stereocenters. The van der Waals surface area contributed by atoms with Gasteiger partial charge in [-0.3, -0.25) is 0 Å². The van der Waals surface area contributed by atoms with Crippen molar-refractivity contribution in [3.8, 4) is 0 Å². The maximum absolute atomic E-state index is 12.3. The summed E-state index contributed by atoms with van der Waals surface area (Å²) < 4.78 is 15.5. The second kappa shape index (κ2) is 11.8. The molecule has 0 radical (unpaired) electrons. The molecule has 0 N–H and O–H groups in total. The molecule has 218 valence electrons. The highest BCUT2D eigenvalue weighted by atomic mass is 16.8. The molecule has 5 nitrogen and oxygen atoms in total. The highest BCUT2D eigenvalue weighted by molar-refractivity contribution is 5.87. The van der Waals surface area contributed by atoms with Gasteiger partial charge in [-0.2, -0.15) is 0 Å². The molecule has 39 heavy (non-hydrogen) atoms. The minimum atomic E-state index is -0.870. The maximum Gasteiger partial charge on any atom is 0.516 e. The zero-order valence-electron chi connectivity index (χ0n) is 25.4. The normalized spacial score (nSPS) is 36.1. The number of allylic oxidation sites excluding steroid dienone is 1. The summed E-state index contributed by atoms with van der Waals surface area (Å²) >= 11 is 0. The Bertz CT molecular complexity index is 994. The second-order valence-electron chi connectivity index (χ2n) is 14.2. The first-order valence-electron chi connectivity index (χ1n) is 15.5. The molecule has 3 saturated carbocycles. The molecule has 0 heterocycles. The Morgan fingerprint density at radius 2 is 1.74 bits per heavy atom. The maximum atomic E-state index is 12.3. The van der Waals surface area contributed by atoms with Gasteiger partial charge in [-0.05, 0) is 105 Å². The number of rotatable bonds is 9. The van der Waals surface area contributed by atoms with E-state index in [0.29, 0.717) is 5.41 Å². The molecule has 5 heteroatoms. The van der Waals surface area contributed by atoms with E-state index in [1.807, 2.05) is 0 Å². The first-order chi connectivity index (χ1) is 18.3. The number of esters is 1. The molecule has 5 unspecified atom stereocenters. The van der Waals surface area contributed by atoms with Crippen LogP contribution in [0.1, 0.15) is 112 Å². The smallest absolute Gasteiger partial charge is 0.430 e. The van der Waals surface area contributed by atoms with E-state index in [9.17, 15) is 9.59 Å². The zero-order chi connectivity index (χ0) is 28.5. The van der Waals surface area contributed by atoms with Crippen molar-refractivity contribution in [2.24, 2.45) is 46.3 Å². The quantitative estimate of drug-likeness (QED) is 0.126. The number of ether oxygens (including phenoxy) is 3. The van der Waals surface area contributed by atoms with E-state index >= 15 is 0 Å². The first kappa shape index (κ1) is 29.9. The Hall–Kier alpha value is -2.04. The third-order valence-corrected chi connectivity index (χ3v) is 11.3. The predicted molar refractivity (Wildman–Crippen MR) is 154 cm³/mol. The summed E-state index contributed by atoms with van der Waals surface area (Å²) in [4.78, 5) is 24.0. The SMILES string of the molecule is C=C(OC(=O)O[C@H]1CC[C@@]2(C)C(=CCC3C4CCC(C(C)CCCC(C)C)[C@@]4(C)CCC32)C1)OC(=O)C(=C)C. The molecule has 4 rings (SSSR count). The minimum Gasteiger partial charge on any atom is -0.430 e. The third kappa shape index (κ3) is 6.17. The Labute approximate surface area is 236 Å². The summed E-state index contributed by atoms with van der Waals surface area (Å²) in [6.45, 7) is 20.9. The van der Waals surface area contributed by atoms with Crippen LogP contribution in [0.5, 0.6) is 0 Å². The molecule has 4 aliphatic rings. The van der Waals surface area contributed by atoms with Crippen molar-refractivity contribution in [1.82, 2.24) is 0 Å². The van der Waals surface area contributed by atoms with Gasteiger partial charge >= 0.3 is 12.1 Å². The molecule has 0 aliphatic heterocycles. The minimum absolute atomic E-state index is 0.190. The van der Waals surface area contributed by atoms with Gasteiger partial charge in [0.25, 0.3) is 5.95 Å². The van der Waals surface area contributed by atoms with Crippen LogP contribution in [0.15, 0.2) is 36.3 Å². The van der Waals surface area contributed by atoms with Crippen molar-refractivity contribution in [1.29, 1.82) is 0 Å². The first-order valence-corrected chi connectivity index (χ1v) is 15.5. The van der Waals surface area contributed by atoms with Crippen LogP contribution in [-0.4, -0.2) is 18.2 Å². The highest BCUT2D eigenvalue weighted by Crippen LogP contribution is 2.67. The van der Waals surface area contributed by atoms with Crippen LogP contribution in [-0.2, 0) is 19.0 Å². The molecule has 0 spiro atoms. The summed E-state index contributed by atoms with van der Waals surface area (Å²) in [5.41, 5.74) is 2.34. The van der Waals surface area contributed by atoms with Gasteiger partial charge in [0.05, 0.1) is 0 Å². The van der Waals surface area contributed by atoms with Gasteiger partial charge < -0.3 is 14.2 Å². The fourth-order valence-electron chi connectivity index (χ4n) is 9.22. The van der Waals surface area contributed by atoms with Gasteiger partial charge in [-0.25, -0.2) is 9.59 Å². The molecule has 0 bridgehead atoms. The van der Waals surface area contributed by atoms with Crippen LogP contribution in [0.3, 0.4) is 0 Å². The Morgan fingerprint density at radius 1 is 1.00 bits per heavy atom. The lowest BCUT2D eigenvalue weighted by molar-refractivity contribution is -0.139. The molecule has 0 saturated heterocycles. The lowest BCUT2D eigenvalue weighted by Gasteiger charge is -2.58. The summed E-state index contributed by atoms with van der Waals surface area (Å²) in [5.74, 6) is 3.77. The molecular weight excluding hydrogens is 488 g/mol. The lowest BCUT2D eigenvalue weighted by atomic mass is 9.47. The monoisotopic (exact) mass is 540 g/mol. The van der Waals surface area contributed by atoms with Crippen molar-refractivity contribution in [2.45, 2.75) is 118 Å². The lowest BCUT2D eigenvalue weighted by Crippen LogP contribution is -2.51. The van der Waals surface area contributed by atoms with Crippen molar-refractivity contribution < 1.29 is 23.8 Å². The van der Waals surface area contributed by atoms with E-state index < -0.39 is 12.1 Å². The topological polar surface area (TPSA) is 61.8 Å². The van der Waals surface area contributed by atoms with E-state index in [1.54, 1.807) is 0 Å². The van der Waals surface area contributed by atoms with Gasteiger partial charge in [0, 0.05) is 12.0 Å². The zero-order valence-corrected chi connectivity index (χ0v) is 25.4. The van der Waals surface area contributed by atoms with Crippen LogP contribution in [0.2, 0.25) is 0 Å². The summed E-state index contributed by atoms with van der Waals surface area (Å²) in [6.07, 6.45) is 14.8. The van der Waals surface area contributed by atoms with Crippen molar-refractivity contribution >= 4 is 12.1 Å². The molecule has 0 amide bonds. The standard InChI is InChI=1S/C34H52O5/c1-21(2)10-9-11-23(5)28-14-15-29-27-13-12-25-20-26(39-32(36)38-24(6)37-31(35)22(3)4)16-18-33(25,7)30(27)17-19-34(28,29)8/h12,21,23,26-30H,3,6,9-11,13-20H2,1-2,4-5,7-8H3/t23?,26-,27?,28?,29?,30?,33-,34+/m0/s1. The highest BCUT2D eigenvalue weighted by Gasteiger charge is 2.59. The van der Waals surface area contributed by atoms with Crippen LogP contribution in [0.4, 0.5) is 4.79 Å². The van der Waals surface area contributed by atoms with E-state index in [0.717, 1.165) is 61.2 Å². The Balaban J connectivity index is 1.36. The van der Waals surface area contributed by atoms with Gasteiger partial charge in [0.15, 0.2) is 0 Å². The number of hydrogen-bond donors (Lipinski definition) is 0. The van der Waals surface area contributed by atoms with Gasteiger partial charge in [0.2, 0.25) is 0 Å². The average Bonchev–Trinajstić information content (AvgIpc) is 3.21. The van der Waals surface area contributed by atoms with Crippen LogP contribution >= 0.6 is 0 Å². The number of fused-ring (bicyclic) bond motifs is 5. The van der Waals surface area contributed by atoms with Crippen LogP contribution in [0.25, 0.3) is 0 Å². The molecule has 3 fully saturated rings. The van der Waals surface area contributed by atoms with E-state index in [2.05, 4.69) is 53.9 Å². The van der Waals surface area contributed by atoms with Gasteiger partial charge in [-0.15, -0.1) is 0 Å². The fraction of sp³-hybridized carbons (Fsp3) is 0.765. The summed E-state index contributed by atoms with van der Waals surface area (Å²) in [6, 6.07) is 0. The summed E-state index contributed by atoms with van der Waals surface area (Å²) in [5, 5.41) is 0. The van der Waals surface area contributed by atoms with Crippen LogP contribution < -0.4 is 0 Å². The van der Waals surface area contributed by atoms with Gasteiger partial charge in [-0.1, -0.05) is 72.1 Å². The van der Waals surface area contributed by atoms with Gasteiger partial charge in [0.1, 0.15) is 6.10 Å². The Morgan fingerprint density at radius 3 is 2.44 bits per heavy atom. The second-order valence-corrected chi connectivity index (χ2v) is 14.2. The van der Waals surface area contributed by atoms with Crippen LogP contribution in [0, 0.1) is 46.3 Å². The molecule has 0 aromatic carbocycles. The Kier molecular flexibility index (Phi) is 9.08. The van der Waals surface area contributed by atoms with Crippen molar-refractivity contribution in [3.63, 3.8) is 0 Å². The van der Waals surface area contributed by atoms with E-state index in [4.69, 9.17) is 14.2 Å². The molecular formula is C34H52O5. The summed E-state index contributed by atoms with van der Waals surface area (Å²) in [7, 11) is 0. The average molecular weight is 541 g/mol. The predicted octanol–water partition coefficient (Wildman–Crippen LogP) is 9.14. The largest absolute Gasteiger partial charge is 0.516 e.